The van der Waals surface area contributed by atoms with Crippen LogP contribution in [0.25, 0.3) is 110 Å². The molecule has 5 heteroatoms. The van der Waals surface area contributed by atoms with Crippen LogP contribution in [0.15, 0.2) is 160 Å². The van der Waals surface area contributed by atoms with Gasteiger partial charge in [-0.25, -0.2) is 9.83 Å². The number of nitrogens with zero attached hydrogens (tertiary/aromatic N) is 3. The van der Waals surface area contributed by atoms with Crippen LogP contribution in [0, 0.1) is 6.57 Å². The van der Waals surface area contributed by atoms with Crippen molar-refractivity contribution in [3.63, 3.8) is 0 Å². The van der Waals surface area contributed by atoms with Crippen LogP contribution in [0.5, 0.6) is 0 Å². The molecule has 4 heterocycles. The molecule has 11 rings (SSSR count). The molecule has 11 aromatic rings. The van der Waals surface area contributed by atoms with E-state index in [1.165, 1.54) is 0 Å². The highest BCUT2D eigenvalue weighted by atomic mass is 16.3. The first-order valence-electron chi connectivity index (χ1n) is 16.9. The van der Waals surface area contributed by atoms with Crippen LogP contribution in [0.3, 0.4) is 0 Å². The molecule has 0 amide bonds. The first kappa shape index (κ1) is 27.8. The first-order chi connectivity index (χ1) is 25.2. The minimum Gasteiger partial charge on any atom is -0.456 e. The summed E-state index contributed by atoms with van der Waals surface area (Å²) >= 11 is 0. The number of hydrogen-bond acceptors (Lipinski definition) is 3. The van der Waals surface area contributed by atoms with E-state index in [2.05, 4.69) is 94.3 Å². The topological polar surface area (TPSA) is 48.5 Å². The number of fused-ring (bicyclic) bond motifs is 12. The Morgan fingerprint density at radius 3 is 1.92 bits per heavy atom. The lowest BCUT2D eigenvalue weighted by Crippen LogP contribution is -1.92. The fourth-order valence-electron chi connectivity index (χ4n) is 7.91. The van der Waals surface area contributed by atoms with Crippen molar-refractivity contribution in [1.82, 2.24) is 9.55 Å². The fraction of sp³-hybridized carbons (Fsp3) is 0. The molecule has 5 nitrogen and oxygen atoms in total. The standard InChI is InChI=1S/C46H25N3O2/c1-47-30-20-23-38-35(26-30)34-25-29(19-22-37(34)49(38)31-9-3-2-4-10-31)27-15-17-28(18-16-27)45-43-33-12-6-8-14-40(33)51-46(43)44-36(48-45)21-24-41-42(44)32-11-5-7-13-39(32)50-41/h2-26H. The van der Waals surface area contributed by atoms with E-state index in [0.717, 1.165) is 105 Å². The summed E-state index contributed by atoms with van der Waals surface area (Å²) in [4.78, 5) is 9.06. The van der Waals surface area contributed by atoms with Gasteiger partial charge in [-0.1, -0.05) is 91.0 Å². The number of hydrogen-bond donors (Lipinski definition) is 0. The highest BCUT2D eigenvalue weighted by Crippen LogP contribution is 2.44. The lowest BCUT2D eigenvalue weighted by Gasteiger charge is -2.10. The number of furan rings is 2. The van der Waals surface area contributed by atoms with Gasteiger partial charge in [0.25, 0.3) is 0 Å². The molecule has 0 aliphatic rings. The van der Waals surface area contributed by atoms with Crippen molar-refractivity contribution in [3.05, 3.63) is 163 Å². The molecule has 0 bridgehead atoms. The summed E-state index contributed by atoms with van der Waals surface area (Å²) < 4.78 is 15.2. The molecule has 0 aliphatic carbocycles. The third-order valence-electron chi connectivity index (χ3n) is 10.2. The Kier molecular flexibility index (Phi) is 5.67. The van der Waals surface area contributed by atoms with Crippen molar-refractivity contribution in [1.29, 1.82) is 0 Å². The smallest absolute Gasteiger partial charge is 0.188 e. The molecule has 0 unspecified atom stereocenters. The van der Waals surface area contributed by atoms with Crippen LogP contribution in [-0.4, -0.2) is 9.55 Å². The van der Waals surface area contributed by atoms with Crippen LogP contribution in [0.2, 0.25) is 0 Å². The third kappa shape index (κ3) is 3.99. The predicted molar refractivity (Wildman–Crippen MR) is 208 cm³/mol. The van der Waals surface area contributed by atoms with Crippen molar-refractivity contribution < 1.29 is 8.83 Å². The average molecular weight is 652 g/mol. The molecule has 0 spiro atoms. The van der Waals surface area contributed by atoms with Gasteiger partial charge >= 0.3 is 0 Å². The molecule has 0 aliphatic heterocycles. The van der Waals surface area contributed by atoms with Crippen molar-refractivity contribution in [2.24, 2.45) is 0 Å². The molecule has 0 N–H and O–H groups in total. The Bertz CT molecular complexity index is 3250. The largest absolute Gasteiger partial charge is 0.456 e. The predicted octanol–water partition coefficient (Wildman–Crippen LogP) is 13.0. The molecule has 4 aromatic heterocycles. The fourth-order valence-corrected chi connectivity index (χ4v) is 7.91. The molecule has 0 atom stereocenters. The normalized spacial score (nSPS) is 11.9. The number of benzene rings is 7. The summed E-state index contributed by atoms with van der Waals surface area (Å²) in [5.74, 6) is 0. The van der Waals surface area contributed by atoms with Crippen LogP contribution < -0.4 is 0 Å². The molecular formula is C46H25N3O2. The molecule has 7 aromatic carbocycles. The lowest BCUT2D eigenvalue weighted by atomic mass is 9.97. The Morgan fingerprint density at radius 1 is 0.490 bits per heavy atom. The Hall–Kier alpha value is -7.16. The summed E-state index contributed by atoms with van der Waals surface area (Å²) in [5, 5.41) is 7.24. The number of rotatable bonds is 3. The molecule has 0 fully saturated rings. The molecular weight excluding hydrogens is 627 g/mol. The van der Waals surface area contributed by atoms with Gasteiger partial charge in [0.05, 0.1) is 39.6 Å². The van der Waals surface area contributed by atoms with Crippen LogP contribution in [0.1, 0.15) is 0 Å². The Balaban J connectivity index is 1.10. The average Bonchev–Trinajstić information content (AvgIpc) is 3.87. The Labute approximate surface area is 291 Å². The second-order valence-electron chi connectivity index (χ2n) is 13.0. The molecule has 236 valence electrons. The molecule has 0 saturated heterocycles. The highest BCUT2D eigenvalue weighted by Gasteiger charge is 2.22. The zero-order chi connectivity index (χ0) is 33.6. The zero-order valence-corrected chi connectivity index (χ0v) is 27.1. The van der Waals surface area contributed by atoms with E-state index in [0.29, 0.717) is 5.69 Å². The summed E-state index contributed by atoms with van der Waals surface area (Å²) in [6.07, 6.45) is 0. The van der Waals surface area contributed by atoms with E-state index >= 15 is 0 Å². The minimum absolute atomic E-state index is 0.632. The van der Waals surface area contributed by atoms with Crippen LogP contribution in [0.4, 0.5) is 5.69 Å². The van der Waals surface area contributed by atoms with Crippen LogP contribution >= 0.6 is 0 Å². The number of pyridine rings is 1. The number of para-hydroxylation sites is 3. The summed E-state index contributed by atoms with van der Waals surface area (Å²) in [7, 11) is 0. The maximum absolute atomic E-state index is 7.66. The summed E-state index contributed by atoms with van der Waals surface area (Å²) in [6, 6.07) is 52.0. The minimum atomic E-state index is 0.632. The molecule has 0 radical (unpaired) electrons. The van der Waals surface area contributed by atoms with Crippen molar-refractivity contribution in [2.75, 3.05) is 0 Å². The van der Waals surface area contributed by atoms with Gasteiger partial charge in [-0.3, -0.25) is 0 Å². The van der Waals surface area contributed by atoms with E-state index in [9.17, 15) is 0 Å². The van der Waals surface area contributed by atoms with Crippen molar-refractivity contribution in [3.8, 4) is 28.1 Å². The maximum atomic E-state index is 7.66. The number of aromatic nitrogens is 2. The summed E-state index contributed by atoms with van der Waals surface area (Å²) in [6.45, 7) is 7.66. The highest BCUT2D eigenvalue weighted by molar-refractivity contribution is 6.29. The van der Waals surface area contributed by atoms with E-state index in [1.807, 2.05) is 66.7 Å². The second kappa shape index (κ2) is 10.4. The van der Waals surface area contributed by atoms with Gasteiger partial charge in [0.15, 0.2) is 5.69 Å². The van der Waals surface area contributed by atoms with E-state index < -0.39 is 0 Å². The van der Waals surface area contributed by atoms with Gasteiger partial charge in [0.2, 0.25) is 0 Å². The van der Waals surface area contributed by atoms with Gasteiger partial charge in [-0.2, -0.15) is 0 Å². The van der Waals surface area contributed by atoms with Gasteiger partial charge in [-0.05, 0) is 77.2 Å². The van der Waals surface area contributed by atoms with Gasteiger partial charge < -0.3 is 13.4 Å². The maximum Gasteiger partial charge on any atom is 0.188 e. The van der Waals surface area contributed by atoms with Gasteiger partial charge in [0.1, 0.15) is 22.3 Å². The van der Waals surface area contributed by atoms with Gasteiger partial charge in [-0.15, -0.1) is 0 Å². The van der Waals surface area contributed by atoms with Gasteiger partial charge in [0, 0.05) is 32.8 Å². The van der Waals surface area contributed by atoms with E-state index in [1.54, 1.807) is 0 Å². The third-order valence-corrected chi connectivity index (χ3v) is 10.2. The first-order valence-corrected chi connectivity index (χ1v) is 16.9. The molecule has 51 heavy (non-hydrogen) atoms. The lowest BCUT2D eigenvalue weighted by molar-refractivity contribution is 0.667. The monoisotopic (exact) mass is 651 g/mol. The van der Waals surface area contributed by atoms with E-state index in [4.69, 9.17) is 20.4 Å². The van der Waals surface area contributed by atoms with Crippen molar-refractivity contribution >= 4 is 82.3 Å². The van der Waals surface area contributed by atoms with E-state index in [-0.39, 0.29) is 0 Å². The zero-order valence-electron chi connectivity index (χ0n) is 27.1. The summed E-state index contributed by atoms with van der Waals surface area (Å²) in [5.41, 5.74) is 12.2. The Morgan fingerprint density at radius 2 is 1.14 bits per heavy atom. The van der Waals surface area contributed by atoms with Crippen molar-refractivity contribution in [2.45, 2.75) is 0 Å². The second-order valence-corrected chi connectivity index (χ2v) is 13.0. The quantitative estimate of drug-likeness (QED) is 0.179. The van der Waals surface area contributed by atoms with Crippen LogP contribution in [-0.2, 0) is 0 Å². The molecule has 0 saturated carbocycles. The SMILES string of the molecule is [C-]#[N+]c1ccc2c(c1)c1cc(-c3ccc(-c4nc5ccc6oc7ccccc7c6c5c5oc6ccccc6c45)cc3)ccc1n2-c1ccccc1.